The van der Waals surface area contributed by atoms with Crippen LogP contribution in [-0.2, 0) is 24.4 Å². The zero-order chi connectivity index (χ0) is 15.6. The van der Waals surface area contributed by atoms with Gasteiger partial charge in [0.15, 0.2) is 11.5 Å². The summed E-state index contributed by atoms with van der Waals surface area (Å²) in [7, 11) is 0. The Balaban J connectivity index is 0.00000169. The number of nitrogens with one attached hydrogen (secondary N) is 2. The first-order valence-corrected chi connectivity index (χ1v) is 7.77. The van der Waals surface area contributed by atoms with Crippen LogP contribution in [0.1, 0.15) is 16.7 Å². The fourth-order valence-electron chi connectivity index (χ4n) is 2.91. The number of ether oxygens (including phenoxy) is 2. The number of benzene rings is 2. The van der Waals surface area contributed by atoms with Crippen molar-refractivity contribution in [1.29, 1.82) is 0 Å². The minimum Gasteiger partial charge on any atom is -0.485 e. The van der Waals surface area contributed by atoms with Gasteiger partial charge in [-0.25, -0.2) is 0 Å². The van der Waals surface area contributed by atoms with Crippen LogP contribution in [0, 0.1) is 0 Å². The van der Waals surface area contributed by atoms with Crippen LogP contribution in [0.2, 0.25) is 0 Å². The van der Waals surface area contributed by atoms with Gasteiger partial charge in [0.1, 0.15) is 6.61 Å². The molecule has 6 heteroatoms. The first-order chi connectivity index (χ1) is 11.3. The quantitative estimate of drug-likeness (QED) is 0.894. The summed E-state index contributed by atoms with van der Waals surface area (Å²) >= 11 is 0. The second kappa shape index (κ2) is 7.11. The maximum Gasteiger partial charge on any atom is 0.264 e. The summed E-state index contributed by atoms with van der Waals surface area (Å²) in [6.07, 6.45) is -0.610. The van der Waals surface area contributed by atoms with Gasteiger partial charge in [-0.1, -0.05) is 30.3 Å². The number of carbonyl (C=O) groups is 1. The lowest BCUT2D eigenvalue weighted by Gasteiger charge is -2.25. The lowest BCUT2D eigenvalue weighted by atomic mass is 10.1. The van der Waals surface area contributed by atoms with E-state index in [1.807, 2.05) is 24.3 Å². The molecule has 2 N–H and O–H groups in total. The number of halogens is 1. The third kappa shape index (κ3) is 3.32. The Hall–Kier alpha value is -2.24. The molecule has 0 aromatic heterocycles. The van der Waals surface area contributed by atoms with Crippen LogP contribution >= 0.6 is 12.4 Å². The predicted molar refractivity (Wildman–Crippen MR) is 92.4 cm³/mol. The van der Waals surface area contributed by atoms with E-state index in [2.05, 4.69) is 28.8 Å². The third-order valence-corrected chi connectivity index (χ3v) is 4.17. The minimum atomic E-state index is -0.610. The topological polar surface area (TPSA) is 59.6 Å². The molecule has 0 spiro atoms. The highest BCUT2D eigenvalue weighted by atomic mass is 35.5. The highest BCUT2D eigenvalue weighted by molar-refractivity contribution is 5.85. The van der Waals surface area contributed by atoms with Gasteiger partial charge in [-0.2, -0.15) is 0 Å². The molecule has 4 rings (SSSR count). The Labute approximate surface area is 146 Å². The van der Waals surface area contributed by atoms with E-state index in [9.17, 15) is 4.79 Å². The molecule has 2 aliphatic heterocycles. The summed E-state index contributed by atoms with van der Waals surface area (Å²) in [6.45, 7) is 2.55. The molecular formula is C18H19ClN2O3. The SMILES string of the molecule is Cl.O=C(NCc1ccc2c(c1)CNC2)C1COc2ccccc2O1. The van der Waals surface area contributed by atoms with Gasteiger partial charge in [-0.15, -0.1) is 12.4 Å². The Bertz CT molecular complexity index is 751. The number of amides is 1. The van der Waals surface area contributed by atoms with Gasteiger partial charge in [0.2, 0.25) is 6.10 Å². The fraction of sp³-hybridized carbons (Fsp3) is 0.278. The summed E-state index contributed by atoms with van der Waals surface area (Å²) in [5, 5.41) is 6.24. The van der Waals surface area contributed by atoms with Crippen molar-refractivity contribution in [3.05, 3.63) is 59.2 Å². The van der Waals surface area contributed by atoms with Gasteiger partial charge >= 0.3 is 0 Å². The van der Waals surface area contributed by atoms with E-state index in [4.69, 9.17) is 9.47 Å². The average molecular weight is 347 g/mol. The molecule has 2 aromatic carbocycles. The number of rotatable bonds is 3. The van der Waals surface area contributed by atoms with E-state index in [-0.39, 0.29) is 24.9 Å². The first kappa shape index (κ1) is 16.6. The Morgan fingerprint density at radius 3 is 2.79 bits per heavy atom. The first-order valence-electron chi connectivity index (χ1n) is 7.77. The van der Waals surface area contributed by atoms with Crippen LogP contribution in [-0.4, -0.2) is 18.6 Å². The molecule has 0 bridgehead atoms. The van der Waals surface area contributed by atoms with Crippen molar-refractivity contribution in [3.63, 3.8) is 0 Å². The number of para-hydroxylation sites is 2. The zero-order valence-electron chi connectivity index (χ0n) is 13.1. The van der Waals surface area contributed by atoms with E-state index in [0.717, 1.165) is 18.7 Å². The van der Waals surface area contributed by atoms with Crippen LogP contribution in [0.25, 0.3) is 0 Å². The van der Waals surface area contributed by atoms with Gasteiger partial charge in [0.05, 0.1) is 0 Å². The molecule has 1 amide bonds. The average Bonchev–Trinajstić information content (AvgIpc) is 3.07. The maximum absolute atomic E-state index is 12.3. The van der Waals surface area contributed by atoms with Crippen molar-refractivity contribution >= 4 is 18.3 Å². The van der Waals surface area contributed by atoms with Gasteiger partial charge in [0, 0.05) is 19.6 Å². The highest BCUT2D eigenvalue weighted by Crippen LogP contribution is 2.30. The Morgan fingerprint density at radius 2 is 1.92 bits per heavy atom. The van der Waals surface area contributed by atoms with E-state index < -0.39 is 6.10 Å². The summed E-state index contributed by atoms with van der Waals surface area (Å²) in [4.78, 5) is 12.3. The summed E-state index contributed by atoms with van der Waals surface area (Å²) in [5.74, 6) is 1.14. The van der Waals surface area contributed by atoms with Crippen LogP contribution in [0.4, 0.5) is 0 Å². The number of hydrogen-bond acceptors (Lipinski definition) is 4. The molecule has 2 aliphatic rings. The molecule has 2 heterocycles. The van der Waals surface area contributed by atoms with Crippen LogP contribution in [0.15, 0.2) is 42.5 Å². The van der Waals surface area contributed by atoms with E-state index >= 15 is 0 Å². The Kier molecular flexibility index (Phi) is 4.92. The molecule has 5 nitrogen and oxygen atoms in total. The van der Waals surface area contributed by atoms with Crippen LogP contribution in [0.5, 0.6) is 11.5 Å². The van der Waals surface area contributed by atoms with E-state index in [1.54, 1.807) is 0 Å². The standard InChI is InChI=1S/C18H18N2O3.ClH/c21-18(17-11-22-15-3-1-2-4-16(15)23-17)20-8-12-5-6-13-9-19-10-14(13)7-12;/h1-7,17,19H,8-11H2,(H,20,21);1H. The molecule has 126 valence electrons. The molecule has 0 radical (unpaired) electrons. The smallest absolute Gasteiger partial charge is 0.264 e. The number of hydrogen-bond donors (Lipinski definition) is 2. The molecular weight excluding hydrogens is 328 g/mol. The van der Waals surface area contributed by atoms with Gasteiger partial charge in [-0.05, 0) is 28.8 Å². The maximum atomic E-state index is 12.3. The fourth-order valence-corrected chi connectivity index (χ4v) is 2.91. The van der Waals surface area contributed by atoms with Crippen LogP contribution in [0.3, 0.4) is 0 Å². The number of fused-ring (bicyclic) bond motifs is 2. The lowest BCUT2D eigenvalue weighted by molar-refractivity contribution is -0.130. The molecule has 2 aromatic rings. The molecule has 24 heavy (non-hydrogen) atoms. The normalized spacial score (nSPS) is 17.6. The van der Waals surface area contributed by atoms with E-state index in [0.29, 0.717) is 18.0 Å². The monoisotopic (exact) mass is 346 g/mol. The Morgan fingerprint density at radius 1 is 1.12 bits per heavy atom. The highest BCUT2D eigenvalue weighted by Gasteiger charge is 2.27. The van der Waals surface area contributed by atoms with Crippen molar-refractivity contribution in [3.8, 4) is 11.5 Å². The van der Waals surface area contributed by atoms with Crippen molar-refractivity contribution in [1.82, 2.24) is 10.6 Å². The predicted octanol–water partition coefficient (Wildman–Crippen LogP) is 2.17. The lowest BCUT2D eigenvalue weighted by Crippen LogP contribution is -2.43. The number of carbonyl (C=O) groups excluding carboxylic acids is 1. The van der Waals surface area contributed by atoms with E-state index in [1.165, 1.54) is 11.1 Å². The van der Waals surface area contributed by atoms with Crippen molar-refractivity contribution < 1.29 is 14.3 Å². The molecule has 0 saturated carbocycles. The largest absolute Gasteiger partial charge is 0.485 e. The van der Waals surface area contributed by atoms with Crippen molar-refractivity contribution in [2.45, 2.75) is 25.7 Å². The summed E-state index contributed by atoms with van der Waals surface area (Å²) < 4.78 is 11.3. The molecule has 0 saturated heterocycles. The van der Waals surface area contributed by atoms with Crippen LogP contribution < -0.4 is 20.1 Å². The second-order valence-corrected chi connectivity index (χ2v) is 5.79. The van der Waals surface area contributed by atoms with Gasteiger partial charge in [0.25, 0.3) is 5.91 Å². The zero-order valence-corrected chi connectivity index (χ0v) is 13.9. The minimum absolute atomic E-state index is 0. The van der Waals surface area contributed by atoms with Gasteiger partial charge in [-0.3, -0.25) is 4.79 Å². The second-order valence-electron chi connectivity index (χ2n) is 5.79. The van der Waals surface area contributed by atoms with Gasteiger partial charge < -0.3 is 20.1 Å². The molecule has 0 aliphatic carbocycles. The summed E-state index contributed by atoms with van der Waals surface area (Å²) in [5.41, 5.74) is 3.74. The summed E-state index contributed by atoms with van der Waals surface area (Å²) in [6, 6.07) is 13.7. The molecule has 0 fully saturated rings. The van der Waals surface area contributed by atoms with Crippen molar-refractivity contribution in [2.24, 2.45) is 0 Å². The molecule has 1 atom stereocenters. The third-order valence-electron chi connectivity index (χ3n) is 4.17. The van der Waals surface area contributed by atoms with Crippen molar-refractivity contribution in [2.75, 3.05) is 6.61 Å². The molecule has 1 unspecified atom stereocenters.